The molecular formula is C11H19N3O2. The SMILES string of the molecule is COc1ncnc(NCC(O)C(C)C)c1C. The van der Waals surface area contributed by atoms with Crippen LogP contribution in [0.15, 0.2) is 6.33 Å². The Balaban J connectivity index is 2.67. The minimum absolute atomic E-state index is 0.219. The van der Waals surface area contributed by atoms with Crippen molar-refractivity contribution < 1.29 is 9.84 Å². The van der Waals surface area contributed by atoms with Crippen LogP contribution in [0.25, 0.3) is 0 Å². The molecule has 90 valence electrons. The lowest BCUT2D eigenvalue weighted by Gasteiger charge is -2.16. The third-order valence-corrected chi connectivity index (χ3v) is 2.48. The second-order valence-corrected chi connectivity index (χ2v) is 4.05. The molecular weight excluding hydrogens is 206 g/mol. The lowest BCUT2D eigenvalue weighted by Crippen LogP contribution is -2.25. The quantitative estimate of drug-likeness (QED) is 0.788. The molecule has 0 saturated heterocycles. The van der Waals surface area contributed by atoms with E-state index in [2.05, 4.69) is 15.3 Å². The lowest BCUT2D eigenvalue weighted by molar-refractivity contribution is 0.138. The summed E-state index contributed by atoms with van der Waals surface area (Å²) in [7, 11) is 1.57. The second kappa shape index (κ2) is 5.65. The van der Waals surface area contributed by atoms with E-state index in [1.807, 2.05) is 20.8 Å². The average Bonchev–Trinajstić information content (AvgIpc) is 2.27. The van der Waals surface area contributed by atoms with Crippen molar-refractivity contribution in [2.45, 2.75) is 26.9 Å². The first-order chi connectivity index (χ1) is 7.56. The van der Waals surface area contributed by atoms with Crippen molar-refractivity contribution in [1.82, 2.24) is 9.97 Å². The van der Waals surface area contributed by atoms with Crippen LogP contribution in [0.4, 0.5) is 5.82 Å². The van der Waals surface area contributed by atoms with E-state index in [9.17, 15) is 5.11 Å². The highest BCUT2D eigenvalue weighted by Gasteiger charge is 2.11. The van der Waals surface area contributed by atoms with Gasteiger partial charge in [-0.3, -0.25) is 0 Å². The summed E-state index contributed by atoms with van der Waals surface area (Å²) < 4.78 is 5.09. The predicted molar refractivity (Wildman–Crippen MR) is 62.7 cm³/mol. The molecule has 0 aromatic carbocycles. The van der Waals surface area contributed by atoms with Crippen molar-refractivity contribution in [3.63, 3.8) is 0 Å². The van der Waals surface area contributed by atoms with E-state index in [-0.39, 0.29) is 12.0 Å². The molecule has 0 spiro atoms. The Hall–Kier alpha value is -1.36. The van der Waals surface area contributed by atoms with E-state index < -0.39 is 0 Å². The Morgan fingerprint density at radius 2 is 2.12 bits per heavy atom. The number of aliphatic hydroxyl groups is 1. The number of aliphatic hydroxyl groups excluding tert-OH is 1. The molecule has 2 N–H and O–H groups in total. The van der Waals surface area contributed by atoms with Gasteiger partial charge >= 0.3 is 0 Å². The van der Waals surface area contributed by atoms with Gasteiger partial charge in [0.05, 0.1) is 18.8 Å². The third-order valence-electron chi connectivity index (χ3n) is 2.48. The molecule has 0 radical (unpaired) electrons. The van der Waals surface area contributed by atoms with Crippen LogP contribution in [-0.4, -0.2) is 34.8 Å². The summed E-state index contributed by atoms with van der Waals surface area (Å²) in [6.45, 7) is 6.29. The Morgan fingerprint density at radius 3 is 2.69 bits per heavy atom. The zero-order chi connectivity index (χ0) is 12.1. The number of nitrogens with one attached hydrogen (secondary N) is 1. The minimum Gasteiger partial charge on any atom is -0.481 e. The van der Waals surface area contributed by atoms with E-state index in [0.717, 1.165) is 5.56 Å². The Kier molecular flexibility index (Phi) is 4.49. The maximum absolute atomic E-state index is 9.67. The van der Waals surface area contributed by atoms with Crippen LogP contribution < -0.4 is 10.1 Å². The van der Waals surface area contributed by atoms with Crippen molar-refractivity contribution in [1.29, 1.82) is 0 Å². The molecule has 1 unspecified atom stereocenters. The Bertz CT molecular complexity index is 342. The molecule has 1 aromatic heterocycles. The van der Waals surface area contributed by atoms with Gasteiger partial charge in [0.1, 0.15) is 12.1 Å². The fraction of sp³-hybridized carbons (Fsp3) is 0.636. The molecule has 1 atom stereocenters. The standard InChI is InChI=1S/C11H19N3O2/c1-7(2)9(15)5-12-10-8(3)11(16-4)14-6-13-10/h6-7,9,15H,5H2,1-4H3,(H,12,13,14). The molecule has 0 bridgehead atoms. The molecule has 0 aliphatic rings. The molecule has 1 aromatic rings. The second-order valence-electron chi connectivity index (χ2n) is 4.05. The first-order valence-electron chi connectivity index (χ1n) is 5.33. The van der Waals surface area contributed by atoms with E-state index >= 15 is 0 Å². The molecule has 1 rings (SSSR count). The fourth-order valence-corrected chi connectivity index (χ4v) is 1.25. The average molecular weight is 225 g/mol. The first kappa shape index (κ1) is 12.7. The van der Waals surface area contributed by atoms with Gasteiger partial charge in [0.15, 0.2) is 0 Å². The number of anilines is 1. The monoisotopic (exact) mass is 225 g/mol. The molecule has 0 saturated carbocycles. The number of methoxy groups -OCH3 is 1. The van der Waals surface area contributed by atoms with Crippen LogP contribution in [0.3, 0.4) is 0 Å². The maximum Gasteiger partial charge on any atom is 0.221 e. The largest absolute Gasteiger partial charge is 0.481 e. The summed E-state index contributed by atoms with van der Waals surface area (Å²) in [5.41, 5.74) is 0.848. The molecule has 16 heavy (non-hydrogen) atoms. The summed E-state index contributed by atoms with van der Waals surface area (Å²) in [6.07, 6.45) is 1.05. The smallest absolute Gasteiger partial charge is 0.221 e. The predicted octanol–water partition coefficient (Wildman–Crippen LogP) is 1.22. The zero-order valence-electron chi connectivity index (χ0n) is 10.2. The Morgan fingerprint density at radius 1 is 1.44 bits per heavy atom. The molecule has 5 heteroatoms. The number of ether oxygens (including phenoxy) is 1. The highest BCUT2D eigenvalue weighted by atomic mass is 16.5. The van der Waals surface area contributed by atoms with Crippen LogP contribution >= 0.6 is 0 Å². The number of nitrogens with zero attached hydrogens (tertiary/aromatic N) is 2. The summed E-state index contributed by atoms with van der Waals surface area (Å²) >= 11 is 0. The van der Waals surface area contributed by atoms with E-state index in [1.165, 1.54) is 6.33 Å². The maximum atomic E-state index is 9.67. The number of aromatic nitrogens is 2. The Labute approximate surface area is 95.9 Å². The van der Waals surface area contributed by atoms with Gasteiger partial charge in [-0.25, -0.2) is 9.97 Å². The van der Waals surface area contributed by atoms with Gasteiger partial charge < -0.3 is 15.2 Å². The first-order valence-corrected chi connectivity index (χ1v) is 5.33. The van der Waals surface area contributed by atoms with Gasteiger partial charge in [-0.05, 0) is 12.8 Å². The summed E-state index contributed by atoms with van der Waals surface area (Å²) in [5.74, 6) is 1.47. The summed E-state index contributed by atoms with van der Waals surface area (Å²) in [5, 5.41) is 12.8. The van der Waals surface area contributed by atoms with Crippen LogP contribution in [-0.2, 0) is 0 Å². The lowest BCUT2D eigenvalue weighted by atomic mass is 10.1. The fourth-order valence-electron chi connectivity index (χ4n) is 1.25. The van der Waals surface area contributed by atoms with Crippen LogP contribution in [0.1, 0.15) is 19.4 Å². The van der Waals surface area contributed by atoms with Crippen molar-refractivity contribution in [2.24, 2.45) is 5.92 Å². The highest BCUT2D eigenvalue weighted by Crippen LogP contribution is 2.19. The van der Waals surface area contributed by atoms with Gasteiger partial charge in [0.2, 0.25) is 5.88 Å². The molecule has 0 amide bonds. The topological polar surface area (TPSA) is 67.3 Å². The van der Waals surface area contributed by atoms with Crippen LogP contribution in [0.5, 0.6) is 5.88 Å². The van der Waals surface area contributed by atoms with E-state index in [1.54, 1.807) is 7.11 Å². The highest BCUT2D eigenvalue weighted by molar-refractivity contribution is 5.47. The van der Waals surface area contributed by atoms with Gasteiger partial charge in [-0.15, -0.1) is 0 Å². The molecule has 0 aliphatic carbocycles. The van der Waals surface area contributed by atoms with Crippen molar-refractivity contribution in [3.05, 3.63) is 11.9 Å². The summed E-state index contributed by atoms with van der Waals surface area (Å²) in [4.78, 5) is 8.09. The molecule has 0 fully saturated rings. The van der Waals surface area contributed by atoms with Crippen molar-refractivity contribution in [3.8, 4) is 5.88 Å². The normalized spacial score (nSPS) is 12.6. The molecule has 1 heterocycles. The number of rotatable bonds is 5. The van der Waals surface area contributed by atoms with Gasteiger partial charge in [-0.2, -0.15) is 0 Å². The number of hydrogen-bond donors (Lipinski definition) is 2. The van der Waals surface area contributed by atoms with Gasteiger partial charge in [0.25, 0.3) is 0 Å². The summed E-state index contributed by atoms with van der Waals surface area (Å²) in [6, 6.07) is 0. The van der Waals surface area contributed by atoms with E-state index in [4.69, 9.17) is 4.74 Å². The van der Waals surface area contributed by atoms with Crippen molar-refractivity contribution >= 4 is 5.82 Å². The molecule has 0 aliphatic heterocycles. The zero-order valence-corrected chi connectivity index (χ0v) is 10.2. The van der Waals surface area contributed by atoms with E-state index in [0.29, 0.717) is 18.2 Å². The van der Waals surface area contributed by atoms with Gasteiger partial charge in [-0.1, -0.05) is 13.8 Å². The number of hydrogen-bond acceptors (Lipinski definition) is 5. The van der Waals surface area contributed by atoms with Crippen molar-refractivity contribution in [2.75, 3.05) is 19.0 Å². The van der Waals surface area contributed by atoms with Crippen LogP contribution in [0, 0.1) is 12.8 Å². The van der Waals surface area contributed by atoms with Gasteiger partial charge in [0, 0.05) is 6.54 Å². The third kappa shape index (κ3) is 3.06. The van der Waals surface area contributed by atoms with Crippen LogP contribution in [0.2, 0.25) is 0 Å². The minimum atomic E-state index is -0.389. The molecule has 5 nitrogen and oxygen atoms in total.